The third-order valence-corrected chi connectivity index (χ3v) is 5.97. The molecule has 1 amide bonds. The summed E-state index contributed by atoms with van der Waals surface area (Å²) in [5, 5.41) is 2.06. The van der Waals surface area contributed by atoms with Crippen molar-refractivity contribution in [1.29, 1.82) is 0 Å². The number of likely N-dealkylation sites (N-methyl/N-ethyl adjacent to an activating group) is 1. The summed E-state index contributed by atoms with van der Waals surface area (Å²) in [5.41, 5.74) is 1.99. The molecular formula is C18H22N2OS. The predicted octanol–water partition coefficient (Wildman–Crippen LogP) is 3.78. The van der Waals surface area contributed by atoms with Crippen LogP contribution < -0.4 is 0 Å². The highest BCUT2D eigenvalue weighted by atomic mass is 32.1. The maximum atomic E-state index is 13.2. The third kappa shape index (κ3) is 2.26. The Kier molecular flexibility index (Phi) is 3.60. The number of pyridine rings is 1. The minimum Gasteiger partial charge on any atom is -0.341 e. The fourth-order valence-electron chi connectivity index (χ4n) is 3.36. The Morgan fingerprint density at radius 1 is 1.41 bits per heavy atom. The lowest BCUT2D eigenvalue weighted by Crippen LogP contribution is -2.38. The van der Waals surface area contributed by atoms with Gasteiger partial charge in [-0.1, -0.05) is 19.9 Å². The summed E-state index contributed by atoms with van der Waals surface area (Å²) in [5.74, 6) is 0.233. The van der Waals surface area contributed by atoms with Gasteiger partial charge in [0.15, 0.2) is 0 Å². The van der Waals surface area contributed by atoms with E-state index in [-0.39, 0.29) is 16.7 Å². The van der Waals surface area contributed by atoms with Crippen LogP contribution in [-0.2, 0) is 16.8 Å². The molecule has 2 heterocycles. The summed E-state index contributed by atoms with van der Waals surface area (Å²) in [6, 6.07) is 6.13. The van der Waals surface area contributed by atoms with Gasteiger partial charge in [-0.25, -0.2) is 0 Å². The van der Waals surface area contributed by atoms with E-state index in [0.717, 1.165) is 17.5 Å². The lowest BCUT2D eigenvalue weighted by atomic mass is 9.92. The quantitative estimate of drug-likeness (QED) is 0.860. The average molecular weight is 314 g/mol. The zero-order valence-corrected chi connectivity index (χ0v) is 14.4. The minimum absolute atomic E-state index is 0.0382. The average Bonchev–Trinajstić information content (AvgIpc) is 2.87. The highest BCUT2D eigenvalue weighted by molar-refractivity contribution is 7.10. The number of rotatable bonds is 4. The highest BCUT2D eigenvalue weighted by Crippen LogP contribution is 2.66. The second-order valence-corrected chi connectivity index (χ2v) is 7.85. The van der Waals surface area contributed by atoms with E-state index >= 15 is 0 Å². The molecule has 3 rings (SSSR count). The van der Waals surface area contributed by atoms with Crippen molar-refractivity contribution in [3.8, 4) is 0 Å². The number of thiophene rings is 1. The number of nitrogens with zero attached hydrogens (tertiary/aromatic N) is 2. The Morgan fingerprint density at radius 3 is 2.68 bits per heavy atom. The Hall–Kier alpha value is -1.68. The summed E-state index contributed by atoms with van der Waals surface area (Å²) in [6.07, 6.45) is 4.57. The van der Waals surface area contributed by atoms with E-state index in [0.29, 0.717) is 6.54 Å². The monoisotopic (exact) mass is 314 g/mol. The molecule has 0 aromatic carbocycles. The van der Waals surface area contributed by atoms with Gasteiger partial charge in [0.1, 0.15) is 0 Å². The maximum absolute atomic E-state index is 13.2. The second-order valence-electron chi connectivity index (χ2n) is 6.91. The number of aryl methyl sites for hydroxylation is 1. The lowest BCUT2D eigenvalue weighted by molar-refractivity contribution is -0.134. The van der Waals surface area contributed by atoms with E-state index in [1.807, 2.05) is 37.2 Å². The number of amides is 1. The summed E-state index contributed by atoms with van der Waals surface area (Å²) in [6.45, 7) is 7.05. The van der Waals surface area contributed by atoms with Gasteiger partial charge in [0.25, 0.3) is 0 Å². The fraction of sp³-hybridized carbons (Fsp3) is 0.444. The molecule has 1 atom stereocenters. The Bertz CT molecular complexity index is 693. The highest BCUT2D eigenvalue weighted by Gasteiger charge is 2.68. The summed E-state index contributed by atoms with van der Waals surface area (Å²) in [4.78, 5) is 20.4. The van der Waals surface area contributed by atoms with Gasteiger partial charge in [0, 0.05) is 30.9 Å². The standard InChI is InChI=1S/C18H22N2OS/c1-13-10-19-8-7-14(13)11-20(4)16(21)18(12-17(18,2)3)15-6-5-9-22-15/h5-10H,11-12H2,1-4H3. The molecule has 2 aromatic rings. The molecule has 4 heteroatoms. The van der Waals surface area contributed by atoms with Crippen molar-refractivity contribution in [2.24, 2.45) is 5.41 Å². The number of hydrogen-bond donors (Lipinski definition) is 0. The first-order chi connectivity index (χ1) is 10.4. The van der Waals surface area contributed by atoms with Crippen LogP contribution in [0, 0.1) is 12.3 Å². The Morgan fingerprint density at radius 2 is 2.14 bits per heavy atom. The lowest BCUT2D eigenvalue weighted by Gasteiger charge is -2.26. The number of carbonyl (C=O) groups is 1. The molecule has 0 bridgehead atoms. The van der Waals surface area contributed by atoms with Gasteiger partial charge in [-0.05, 0) is 47.4 Å². The van der Waals surface area contributed by atoms with Crippen LogP contribution in [0.1, 0.15) is 36.3 Å². The van der Waals surface area contributed by atoms with Crippen LogP contribution in [-0.4, -0.2) is 22.8 Å². The zero-order chi connectivity index (χ0) is 16.0. The van der Waals surface area contributed by atoms with E-state index in [4.69, 9.17) is 0 Å². The van der Waals surface area contributed by atoms with Gasteiger partial charge in [-0.3, -0.25) is 9.78 Å². The van der Waals surface area contributed by atoms with E-state index < -0.39 is 0 Å². The molecule has 0 radical (unpaired) electrons. The molecular weight excluding hydrogens is 292 g/mol. The van der Waals surface area contributed by atoms with Crippen molar-refractivity contribution in [3.63, 3.8) is 0 Å². The summed E-state index contributed by atoms with van der Waals surface area (Å²) >= 11 is 1.69. The van der Waals surface area contributed by atoms with Gasteiger partial charge in [-0.15, -0.1) is 11.3 Å². The van der Waals surface area contributed by atoms with Gasteiger partial charge >= 0.3 is 0 Å². The summed E-state index contributed by atoms with van der Waals surface area (Å²) in [7, 11) is 1.91. The van der Waals surface area contributed by atoms with E-state index in [1.54, 1.807) is 17.5 Å². The number of carbonyl (C=O) groups excluding carboxylic acids is 1. The van der Waals surface area contributed by atoms with Crippen molar-refractivity contribution >= 4 is 17.2 Å². The van der Waals surface area contributed by atoms with Crippen LogP contribution in [0.25, 0.3) is 0 Å². The SMILES string of the molecule is Cc1cnccc1CN(C)C(=O)C1(c2cccs2)CC1(C)C. The molecule has 0 aliphatic heterocycles. The summed E-state index contributed by atoms with van der Waals surface area (Å²) < 4.78 is 0. The topological polar surface area (TPSA) is 33.2 Å². The first kappa shape index (κ1) is 15.2. The fourth-order valence-corrected chi connectivity index (χ4v) is 4.46. The van der Waals surface area contributed by atoms with E-state index in [2.05, 4.69) is 30.3 Å². The van der Waals surface area contributed by atoms with Crippen molar-refractivity contribution < 1.29 is 4.79 Å². The third-order valence-electron chi connectivity index (χ3n) is 4.94. The van der Waals surface area contributed by atoms with Crippen LogP contribution in [0.3, 0.4) is 0 Å². The van der Waals surface area contributed by atoms with E-state index in [1.165, 1.54) is 4.88 Å². The maximum Gasteiger partial charge on any atom is 0.234 e. The molecule has 3 nitrogen and oxygen atoms in total. The molecule has 1 fully saturated rings. The van der Waals surface area contributed by atoms with Crippen LogP contribution >= 0.6 is 11.3 Å². The normalized spacial score (nSPS) is 22.4. The number of aromatic nitrogens is 1. The van der Waals surface area contributed by atoms with Crippen LogP contribution in [0.15, 0.2) is 36.0 Å². The Labute approximate surface area is 136 Å². The van der Waals surface area contributed by atoms with Crippen LogP contribution in [0.4, 0.5) is 0 Å². The molecule has 1 aliphatic carbocycles. The molecule has 1 saturated carbocycles. The molecule has 0 N–H and O–H groups in total. The van der Waals surface area contributed by atoms with Gasteiger partial charge in [-0.2, -0.15) is 0 Å². The van der Waals surface area contributed by atoms with Crippen molar-refractivity contribution in [3.05, 3.63) is 52.0 Å². The molecule has 1 unspecified atom stereocenters. The number of hydrogen-bond acceptors (Lipinski definition) is 3. The largest absolute Gasteiger partial charge is 0.341 e. The molecule has 2 aromatic heterocycles. The smallest absolute Gasteiger partial charge is 0.234 e. The second kappa shape index (κ2) is 5.20. The molecule has 1 aliphatic rings. The van der Waals surface area contributed by atoms with Crippen molar-refractivity contribution in [2.45, 2.75) is 39.2 Å². The molecule has 0 saturated heterocycles. The zero-order valence-electron chi connectivity index (χ0n) is 13.6. The minimum atomic E-state index is -0.336. The molecule has 0 spiro atoms. The van der Waals surface area contributed by atoms with Gasteiger partial charge in [0.2, 0.25) is 5.91 Å². The van der Waals surface area contributed by atoms with Gasteiger partial charge < -0.3 is 4.90 Å². The molecule has 116 valence electrons. The Balaban J connectivity index is 1.85. The van der Waals surface area contributed by atoms with Crippen molar-refractivity contribution in [2.75, 3.05) is 7.05 Å². The first-order valence-corrected chi connectivity index (χ1v) is 8.45. The van der Waals surface area contributed by atoms with Gasteiger partial charge in [0.05, 0.1) is 5.41 Å². The predicted molar refractivity (Wildman–Crippen MR) is 89.8 cm³/mol. The van der Waals surface area contributed by atoms with Crippen LogP contribution in [0.5, 0.6) is 0 Å². The first-order valence-electron chi connectivity index (χ1n) is 7.57. The van der Waals surface area contributed by atoms with E-state index in [9.17, 15) is 4.79 Å². The van der Waals surface area contributed by atoms with Crippen LogP contribution in [0.2, 0.25) is 0 Å². The van der Waals surface area contributed by atoms with Crippen molar-refractivity contribution in [1.82, 2.24) is 9.88 Å². The molecule has 22 heavy (non-hydrogen) atoms.